The normalized spacial score (nSPS) is 13.2. The molecular weight excluding hydrogens is 342 g/mol. The van der Waals surface area contributed by atoms with Crippen LogP contribution in [0.2, 0.25) is 0 Å². The average molecular weight is 361 g/mol. The van der Waals surface area contributed by atoms with E-state index in [1.807, 2.05) is 77.5 Å². The molecule has 1 aliphatic heterocycles. The zero-order chi connectivity index (χ0) is 17.9. The molecule has 130 valence electrons. The van der Waals surface area contributed by atoms with Crippen LogP contribution in [0.25, 0.3) is 0 Å². The highest BCUT2D eigenvalue weighted by atomic mass is 32.2. The monoisotopic (exact) mass is 361 g/mol. The molecule has 0 N–H and O–H groups in total. The summed E-state index contributed by atoms with van der Waals surface area (Å²) in [6.45, 7) is 0.714. The third-order valence-electron chi connectivity index (χ3n) is 4.46. The van der Waals surface area contributed by atoms with Crippen LogP contribution in [0.4, 0.5) is 17.2 Å². The summed E-state index contributed by atoms with van der Waals surface area (Å²) in [5, 5.41) is 0. The second-order valence-electron chi connectivity index (χ2n) is 6.07. The molecule has 5 heteroatoms. The molecule has 4 rings (SSSR count). The second kappa shape index (κ2) is 7.22. The van der Waals surface area contributed by atoms with Gasteiger partial charge in [0.2, 0.25) is 0 Å². The van der Waals surface area contributed by atoms with Crippen molar-refractivity contribution in [3.05, 3.63) is 78.5 Å². The summed E-state index contributed by atoms with van der Waals surface area (Å²) in [7, 11) is 1.97. The van der Waals surface area contributed by atoms with E-state index in [4.69, 9.17) is 0 Å². The van der Waals surface area contributed by atoms with Crippen LogP contribution in [0.1, 0.15) is 10.4 Å². The average Bonchev–Trinajstić information content (AvgIpc) is 2.73. The molecule has 0 unspecified atom stereocenters. The van der Waals surface area contributed by atoms with Crippen molar-refractivity contribution >= 4 is 34.9 Å². The van der Waals surface area contributed by atoms with Crippen LogP contribution < -0.4 is 9.80 Å². The van der Waals surface area contributed by atoms with Crippen LogP contribution in [0.15, 0.2) is 77.8 Å². The van der Waals surface area contributed by atoms with Crippen molar-refractivity contribution in [1.82, 2.24) is 4.98 Å². The molecule has 0 bridgehead atoms. The first-order valence-electron chi connectivity index (χ1n) is 8.52. The van der Waals surface area contributed by atoms with Gasteiger partial charge < -0.3 is 9.80 Å². The molecule has 1 aliphatic rings. The molecule has 2 aromatic carbocycles. The van der Waals surface area contributed by atoms with E-state index >= 15 is 0 Å². The fourth-order valence-corrected chi connectivity index (χ4v) is 4.03. The summed E-state index contributed by atoms with van der Waals surface area (Å²) in [4.78, 5) is 22.5. The molecule has 3 aromatic rings. The number of para-hydroxylation sites is 2. The number of amides is 1. The Morgan fingerprint density at radius 1 is 1.04 bits per heavy atom. The van der Waals surface area contributed by atoms with E-state index in [-0.39, 0.29) is 5.91 Å². The van der Waals surface area contributed by atoms with Gasteiger partial charge in [-0.2, -0.15) is 0 Å². The van der Waals surface area contributed by atoms with Crippen LogP contribution in [-0.4, -0.2) is 30.2 Å². The summed E-state index contributed by atoms with van der Waals surface area (Å²) in [6.07, 6.45) is 1.67. The van der Waals surface area contributed by atoms with Crippen molar-refractivity contribution in [1.29, 1.82) is 0 Å². The van der Waals surface area contributed by atoms with E-state index in [0.717, 1.165) is 27.8 Å². The van der Waals surface area contributed by atoms with Crippen molar-refractivity contribution in [2.75, 3.05) is 29.1 Å². The Labute approximate surface area is 157 Å². The van der Waals surface area contributed by atoms with Crippen LogP contribution in [-0.2, 0) is 0 Å². The van der Waals surface area contributed by atoms with Gasteiger partial charge >= 0.3 is 0 Å². The smallest absolute Gasteiger partial charge is 0.259 e. The van der Waals surface area contributed by atoms with Gasteiger partial charge in [0, 0.05) is 36.1 Å². The molecule has 0 saturated carbocycles. The maximum atomic E-state index is 13.0. The predicted octanol–water partition coefficient (Wildman–Crippen LogP) is 4.60. The van der Waals surface area contributed by atoms with Crippen molar-refractivity contribution < 1.29 is 4.79 Å². The molecule has 0 atom stereocenters. The number of carbonyl (C=O) groups is 1. The molecule has 0 fully saturated rings. The number of nitrogens with zero attached hydrogens (tertiary/aromatic N) is 3. The molecule has 4 nitrogen and oxygen atoms in total. The van der Waals surface area contributed by atoms with Crippen molar-refractivity contribution in [2.24, 2.45) is 0 Å². The van der Waals surface area contributed by atoms with Crippen LogP contribution >= 0.6 is 11.8 Å². The fourth-order valence-electron chi connectivity index (χ4n) is 3.03. The highest BCUT2D eigenvalue weighted by molar-refractivity contribution is 7.99. The summed E-state index contributed by atoms with van der Waals surface area (Å²) < 4.78 is 0. The molecule has 26 heavy (non-hydrogen) atoms. The highest BCUT2D eigenvalue weighted by Gasteiger charge is 2.24. The lowest BCUT2D eigenvalue weighted by molar-refractivity contribution is 0.0987. The molecular formula is C21H19N3OS. The maximum absolute atomic E-state index is 13.0. The number of fused-ring (bicyclic) bond motifs is 1. The number of carbonyl (C=O) groups excluding carboxylic acids is 1. The largest absolute Gasteiger partial charge is 0.329 e. The quantitative estimate of drug-likeness (QED) is 0.683. The van der Waals surface area contributed by atoms with E-state index < -0.39 is 0 Å². The number of benzene rings is 2. The molecule has 0 aliphatic carbocycles. The lowest BCUT2D eigenvalue weighted by Gasteiger charge is -2.29. The molecule has 0 radical (unpaired) electrons. The summed E-state index contributed by atoms with van der Waals surface area (Å²) in [6, 6.07) is 21.8. The maximum Gasteiger partial charge on any atom is 0.259 e. The predicted molar refractivity (Wildman–Crippen MR) is 108 cm³/mol. The second-order valence-corrected chi connectivity index (χ2v) is 7.21. The van der Waals surface area contributed by atoms with Gasteiger partial charge in [0.05, 0.1) is 11.3 Å². The van der Waals surface area contributed by atoms with Crippen LogP contribution in [0.5, 0.6) is 0 Å². The van der Waals surface area contributed by atoms with E-state index in [0.29, 0.717) is 12.1 Å². The summed E-state index contributed by atoms with van der Waals surface area (Å²) in [5.74, 6) is 1.71. The lowest BCUT2D eigenvalue weighted by Crippen LogP contribution is -2.35. The first kappa shape index (κ1) is 16.7. The minimum absolute atomic E-state index is 0.000774. The van der Waals surface area contributed by atoms with E-state index in [1.54, 1.807) is 18.0 Å². The Morgan fingerprint density at radius 3 is 2.58 bits per heavy atom. The Kier molecular flexibility index (Phi) is 4.63. The number of pyridine rings is 1. The topological polar surface area (TPSA) is 36.4 Å². The summed E-state index contributed by atoms with van der Waals surface area (Å²) in [5.41, 5.74) is 2.65. The van der Waals surface area contributed by atoms with Crippen LogP contribution in [0, 0.1) is 0 Å². The number of anilines is 3. The molecule has 1 aromatic heterocycles. The van der Waals surface area contributed by atoms with Gasteiger partial charge in [-0.15, -0.1) is 11.8 Å². The summed E-state index contributed by atoms with van der Waals surface area (Å²) >= 11 is 1.79. The van der Waals surface area contributed by atoms with E-state index in [1.165, 1.54) is 0 Å². The van der Waals surface area contributed by atoms with E-state index in [2.05, 4.69) is 11.1 Å². The number of hydrogen-bond donors (Lipinski definition) is 0. The Morgan fingerprint density at radius 2 is 1.81 bits per heavy atom. The standard InChI is InChI=1S/C21H19N3OS/c1-23(17-7-3-2-4-8-17)20-12-11-16(15-22-20)21(25)24-13-14-26-19-10-6-5-9-18(19)24/h2-12,15H,13-14H2,1H3. The van der Waals surface area contributed by atoms with Gasteiger partial charge in [0.25, 0.3) is 5.91 Å². The van der Waals surface area contributed by atoms with Gasteiger partial charge in [0.15, 0.2) is 0 Å². The molecule has 2 heterocycles. The van der Waals surface area contributed by atoms with Gasteiger partial charge in [-0.05, 0) is 36.4 Å². The molecule has 1 amide bonds. The van der Waals surface area contributed by atoms with Gasteiger partial charge in [0.1, 0.15) is 5.82 Å². The minimum atomic E-state index is -0.000774. The van der Waals surface area contributed by atoms with Gasteiger partial charge in [-0.1, -0.05) is 30.3 Å². The number of hydrogen-bond acceptors (Lipinski definition) is 4. The number of aromatic nitrogens is 1. The minimum Gasteiger partial charge on any atom is -0.329 e. The van der Waals surface area contributed by atoms with Crippen LogP contribution in [0.3, 0.4) is 0 Å². The lowest BCUT2D eigenvalue weighted by atomic mass is 10.2. The van der Waals surface area contributed by atoms with Gasteiger partial charge in [-0.25, -0.2) is 4.98 Å². The SMILES string of the molecule is CN(c1ccccc1)c1ccc(C(=O)N2CCSc3ccccc32)cn1. The molecule has 0 spiro atoms. The van der Waals surface area contributed by atoms with Crippen molar-refractivity contribution in [3.8, 4) is 0 Å². The Balaban J connectivity index is 1.57. The Hall–Kier alpha value is -2.79. The fraction of sp³-hybridized carbons (Fsp3) is 0.143. The first-order valence-corrected chi connectivity index (χ1v) is 9.51. The highest BCUT2D eigenvalue weighted by Crippen LogP contribution is 2.35. The zero-order valence-corrected chi connectivity index (χ0v) is 15.3. The third kappa shape index (κ3) is 3.18. The van der Waals surface area contributed by atoms with Crippen molar-refractivity contribution in [2.45, 2.75) is 4.90 Å². The molecule has 0 saturated heterocycles. The first-order chi connectivity index (χ1) is 12.7. The van der Waals surface area contributed by atoms with Crippen molar-refractivity contribution in [3.63, 3.8) is 0 Å². The third-order valence-corrected chi connectivity index (χ3v) is 5.50. The number of thioether (sulfide) groups is 1. The van der Waals surface area contributed by atoms with E-state index in [9.17, 15) is 4.79 Å². The zero-order valence-electron chi connectivity index (χ0n) is 14.5. The Bertz CT molecular complexity index is 912. The number of rotatable bonds is 3. The van der Waals surface area contributed by atoms with Gasteiger partial charge in [-0.3, -0.25) is 4.79 Å².